The number of imide groups is 2. The second kappa shape index (κ2) is 8.23. The molecule has 2 aliphatic rings. The number of aliphatic hydroxyl groups excluding tert-OH is 1. The molecule has 4 N–H and O–H groups in total. The van der Waals surface area contributed by atoms with Crippen molar-refractivity contribution in [2.24, 2.45) is 0 Å². The van der Waals surface area contributed by atoms with Crippen molar-refractivity contribution in [1.29, 1.82) is 0 Å². The van der Waals surface area contributed by atoms with Crippen LogP contribution in [0.25, 0.3) is 0 Å². The highest BCUT2D eigenvalue weighted by atomic mass is 16.3. The van der Waals surface area contributed by atoms with Gasteiger partial charge >= 0.3 is 0 Å². The number of hydrogen-bond donors (Lipinski definition) is 4. The lowest BCUT2D eigenvalue weighted by Gasteiger charge is -2.27. The Balaban J connectivity index is 1.57. The molecule has 0 saturated carbocycles. The first-order chi connectivity index (χ1) is 15.3. The van der Waals surface area contributed by atoms with Crippen LogP contribution in [0, 0.1) is 0 Å². The number of para-hydroxylation sites is 1. The zero-order valence-electron chi connectivity index (χ0n) is 16.8. The van der Waals surface area contributed by atoms with E-state index < -0.39 is 42.2 Å². The average molecular weight is 437 g/mol. The molecule has 1 unspecified atom stereocenters. The molecule has 0 aromatic heterocycles. The molecular formula is C22H19N3O7. The number of rotatable bonds is 5. The van der Waals surface area contributed by atoms with E-state index >= 15 is 0 Å². The molecule has 0 aliphatic carbocycles. The van der Waals surface area contributed by atoms with Crippen LogP contribution in [0.4, 0.5) is 0 Å². The number of piperidine rings is 1. The van der Waals surface area contributed by atoms with Gasteiger partial charge in [-0.1, -0.05) is 24.3 Å². The molecule has 10 nitrogen and oxygen atoms in total. The van der Waals surface area contributed by atoms with E-state index in [2.05, 4.69) is 10.6 Å². The van der Waals surface area contributed by atoms with Gasteiger partial charge in [-0.05, 0) is 24.1 Å². The van der Waals surface area contributed by atoms with Crippen LogP contribution >= 0.6 is 0 Å². The number of aromatic hydroxyl groups is 1. The smallest absolute Gasteiger partial charge is 0.262 e. The molecule has 32 heavy (non-hydrogen) atoms. The molecule has 2 aromatic carbocycles. The van der Waals surface area contributed by atoms with Gasteiger partial charge in [-0.2, -0.15) is 0 Å². The zero-order chi connectivity index (χ0) is 23.0. The maximum absolute atomic E-state index is 13.1. The highest BCUT2D eigenvalue weighted by Crippen LogP contribution is 2.30. The third kappa shape index (κ3) is 3.50. The van der Waals surface area contributed by atoms with Crippen LogP contribution in [-0.4, -0.2) is 50.7 Å². The van der Waals surface area contributed by atoms with Crippen molar-refractivity contribution in [2.75, 3.05) is 0 Å². The van der Waals surface area contributed by atoms with Gasteiger partial charge in [0, 0.05) is 18.5 Å². The Morgan fingerprint density at radius 3 is 2.50 bits per heavy atom. The maximum atomic E-state index is 13.1. The standard InChI is InChI=1S/C22H19N3O7/c26-10-12-4-2-6-14(18(12)28)19(29)23-9-11-3-1-5-13-17(11)22(32)25(21(13)31)15-7-8-16(27)24-20(15)30/h1-6,15,26,28H,7-10H2,(H,23,29)(H,24,27,30). The maximum Gasteiger partial charge on any atom is 0.262 e. The number of nitrogens with one attached hydrogen (secondary N) is 2. The van der Waals surface area contributed by atoms with E-state index in [1.54, 1.807) is 12.1 Å². The van der Waals surface area contributed by atoms with E-state index in [1.807, 2.05) is 0 Å². The number of amides is 5. The summed E-state index contributed by atoms with van der Waals surface area (Å²) in [6.45, 7) is -0.557. The van der Waals surface area contributed by atoms with Crippen molar-refractivity contribution in [3.8, 4) is 5.75 Å². The summed E-state index contributed by atoms with van der Waals surface area (Å²) in [5, 5.41) is 24.1. The molecule has 5 amide bonds. The Labute approximate surface area is 181 Å². The predicted octanol–water partition coefficient (Wildman–Crippen LogP) is 0.216. The Bertz CT molecular complexity index is 1170. The SMILES string of the molecule is O=C1CCC(N2C(=O)c3cccc(CNC(=O)c4cccc(CO)c4O)c3C2=O)C(=O)N1. The Kier molecular flexibility index (Phi) is 5.45. The Morgan fingerprint density at radius 1 is 1.06 bits per heavy atom. The molecular weight excluding hydrogens is 418 g/mol. The molecule has 0 radical (unpaired) electrons. The van der Waals surface area contributed by atoms with Crippen molar-refractivity contribution in [1.82, 2.24) is 15.5 Å². The zero-order valence-corrected chi connectivity index (χ0v) is 16.8. The summed E-state index contributed by atoms with van der Waals surface area (Å²) in [5.74, 6) is -3.45. The van der Waals surface area contributed by atoms with Crippen molar-refractivity contribution in [3.63, 3.8) is 0 Å². The fourth-order valence-corrected chi connectivity index (χ4v) is 3.91. The average Bonchev–Trinajstić information content (AvgIpc) is 3.03. The number of carbonyl (C=O) groups excluding carboxylic acids is 5. The monoisotopic (exact) mass is 437 g/mol. The van der Waals surface area contributed by atoms with E-state index in [4.69, 9.17) is 0 Å². The molecule has 1 atom stereocenters. The third-order valence-electron chi connectivity index (χ3n) is 5.53. The first kappa shape index (κ1) is 21.2. The van der Waals surface area contributed by atoms with E-state index in [1.165, 1.54) is 24.3 Å². The highest BCUT2D eigenvalue weighted by molar-refractivity contribution is 6.24. The van der Waals surface area contributed by atoms with Gasteiger partial charge in [0.15, 0.2) is 0 Å². The van der Waals surface area contributed by atoms with Gasteiger partial charge in [-0.25, -0.2) is 0 Å². The molecule has 10 heteroatoms. The van der Waals surface area contributed by atoms with Crippen LogP contribution in [0.15, 0.2) is 36.4 Å². The highest BCUT2D eigenvalue weighted by Gasteiger charge is 2.45. The van der Waals surface area contributed by atoms with Gasteiger partial charge in [-0.3, -0.25) is 34.2 Å². The molecule has 164 valence electrons. The summed E-state index contributed by atoms with van der Waals surface area (Å²) in [4.78, 5) is 62.9. The first-order valence-corrected chi connectivity index (χ1v) is 9.87. The van der Waals surface area contributed by atoms with Crippen LogP contribution < -0.4 is 10.6 Å². The summed E-state index contributed by atoms with van der Waals surface area (Å²) >= 11 is 0. The summed E-state index contributed by atoms with van der Waals surface area (Å²) in [6.07, 6.45) is 0.0613. The Hall–Kier alpha value is -4.05. The molecule has 0 bridgehead atoms. The third-order valence-corrected chi connectivity index (χ3v) is 5.53. The van der Waals surface area contributed by atoms with E-state index in [9.17, 15) is 34.2 Å². The summed E-state index contributed by atoms with van der Waals surface area (Å²) in [6, 6.07) is 7.89. The minimum Gasteiger partial charge on any atom is -0.507 e. The molecule has 0 spiro atoms. The number of hydrogen-bond acceptors (Lipinski definition) is 7. The van der Waals surface area contributed by atoms with Crippen molar-refractivity contribution >= 4 is 29.5 Å². The van der Waals surface area contributed by atoms with E-state index in [-0.39, 0.29) is 47.4 Å². The number of aliphatic hydroxyl groups is 1. The molecule has 2 aliphatic heterocycles. The Morgan fingerprint density at radius 2 is 1.78 bits per heavy atom. The number of carbonyl (C=O) groups is 5. The predicted molar refractivity (Wildman–Crippen MR) is 108 cm³/mol. The molecule has 2 heterocycles. The minimum absolute atomic E-state index is 0.0170. The lowest BCUT2D eigenvalue weighted by molar-refractivity contribution is -0.136. The normalized spacial score (nSPS) is 17.9. The molecule has 1 saturated heterocycles. The van der Waals surface area contributed by atoms with Crippen LogP contribution in [0.1, 0.15) is 55.0 Å². The largest absolute Gasteiger partial charge is 0.507 e. The van der Waals surface area contributed by atoms with Crippen LogP contribution in [0.5, 0.6) is 5.75 Å². The number of fused-ring (bicyclic) bond motifs is 1. The fraction of sp³-hybridized carbons (Fsp3) is 0.227. The lowest BCUT2D eigenvalue weighted by Crippen LogP contribution is -2.54. The first-order valence-electron chi connectivity index (χ1n) is 9.87. The number of phenols is 1. The van der Waals surface area contributed by atoms with E-state index in [0.717, 1.165) is 4.90 Å². The summed E-state index contributed by atoms with van der Waals surface area (Å²) in [5.41, 5.74) is 0.699. The van der Waals surface area contributed by atoms with Gasteiger partial charge in [-0.15, -0.1) is 0 Å². The quantitative estimate of drug-likeness (QED) is 0.488. The summed E-state index contributed by atoms with van der Waals surface area (Å²) < 4.78 is 0. The molecule has 1 fully saturated rings. The van der Waals surface area contributed by atoms with Crippen molar-refractivity contribution in [2.45, 2.75) is 32.0 Å². The molecule has 2 aromatic rings. The van der Waals surface area contributed by atoms with Gasteiger partial charge in [0.2, 0.25) is 11.8 Å². The van der Waals surface area contributed by atoms with Gasteiger partial charge < -0.3 is 15.5 Å². The van der Waals surface area contributed by atoms with Crippen molar-refractivity contribution in [3.05, 3.63) is 64.2 Å². The number of benzene rings is 2. The molecule has 4 rings (SSSR count). The van der Waals surface area contributed by atoms with Crippen LogP contribution in [-0.2, 0) is 22.7 Å². The van der Waals surface area contributed by atoms with Crippen LogP contribution in [0.2, 0.25) is 0 Å². The van der Waals surface area contributed by atoms with Gasteiger partial charge in [0.1, 0.15) is 11.8 Å². The van der Waals surface area contributed by atoms with Crippen LogP contribution in [0.3, 0.4) is 0 Å². The second-order valence-electron chi connectivity index (χ2n) is 7.44. The summed E-state index contributed by atoms with van der Waals surface area (Å²) in [7, 11) is 0. The second-order valence-corrected chi connectivity index (χ2v) is 7.44. The number of nitrogens with zero attached hydrogens (tertiary/aromatic N) is 1. The van der Waals surface area contributed by atoms with Gasteiger partial charge in [0.25, 0.3) is 17.7 Å². The topological polar surface area (TPSA) is 153 Å². The van der Waals surface area contributed by atoms with Gasteiger partial charge in [0.05, 0.1) is 23.3 Å². The van der Waals surface area contributed by atoms with Crippen molar-refractivity contribution < 1.29 is 34.2 Å². The fourth-order valence-electron chi connectivity index (χ4n) is 3.91. The minimum atomic E-state index is -1.08. The lowest BCUT2D eigenvalue weighted by atomic mass is 10.0. The van der Waals surface area contributed by atoms with E-state index in [0.29, 0.717) is 5.56 Å².